The Bertz CT molecular complexity index is 812. The molecule has 7 nitrogen and oxygen atoms in total. The second kappa shape index (κ2) is 7.06. The van der Waals surface area contributed by atoms with Crippen molar-refractivity contribution in [2.75, 3.05) is 6.61 Å². The van der Waals surface area contributed by atoms with E-state index in [-0.39, 0.29) is 18.6 Å². The van der Waals surface area contributed by atoms with Gasteiger partial charge in [-0.25, -0.2) is 4.99 Å². The Balaban J connectivity index is 1.78. The van der Waals surface area contributed by atoms with Crippen molar-refractivity contribution in [3.8, 4) is 0 Å². The van der Waals surface area contributed by atoms with Crippen molar-refractivity contribution in [1.82, 2.24) is 20.2 Å². The van der Waals surface area contributed by atoms with Crippen LogP contribution in [-0.4, -0.2) is 39.2 Å². The second-order valence-electron chi connectivity index (χ2n) is 6.08. The molecule has 0 spiro atoms. The fraction of sp³-hybridized carbons (Fsp3) is 0.375. The number of aliphatic imine (C=N–C) groups is 1. The molecule has 3 rings (SSSR count). The maximum atomic E-state index is 12.1. The molecule has 1 atom stereocenters. The largest absolute Gasteiger partial charge is 0.394 e. The molecule has 1 unspecified atom stereocenters. The van der Waals surface area contributed by atoms with E-state index in [0.717, 1.165) is 22.2 Å². The molecule has 1 saturated heterocycles. The molecule has 1 amide bonds. The van der Waals surface area contributed by atoms with Crippen LogP contribution >= 0.6 is 11.5 Å². The van der Waals surface area contributed by atoms with Crippen molar-refractivity contribution in [2.45, 2.75) is 26.3 Å². The molecule has 1 aromatic carbocycles. The van der Waals surface area contributed by atoms with E-state index in [0.29, 0.717) is 17.6 Å². The number of amides is 1. The minimum Gasteiger partial charge on any atom is -0.394 e. The molecule has 1 fully saturated rings. The van der Waals surface area contributed by atoms with Crippen LogP contribution in [0.2, 0.25) is 0 Å². The van der Waals surface area contributed by atoms with Crippen molar-refractivity contribution in [1.29, 1.82) is 0 Å². The zero-order valence-corrected chi connectivity index (χ0v) is 14.3. The Morgan fingerprint density at radius 2 is 2.21 bits per heavy atom. The van der Waals surface area contributed by atoms with Crippen LogP contribution in [0.4, 0.5) is 0 Å². The number of nitrogens with one attached hydrogen (secondary N) is 2. The third kappa shape index (κ3) is 3.77. The summed E-state index contributed by atoms with van der Waals surface area (Å²) in [6.07, 6.45) is 2.51. The van der Waals surface area contributed by atoms with Crippen LogP contribution in [0.1, 0.15) is 25.8 Å². The number of hydrogen-bond donors (Lipinski definition) is 3. The highest BCUT2D eigenvalue weighted by molar-refractivity contribution is 7.12. The van der Waals surface area contributed by atoms with Gasteiger partial charge in [-0.2, -0.15) is 0 Å². The van der Waals surface area contributed by atoms with E-state index in [1.165, 1.54) is 11.5 Å². The summed E-state index contributed by atoms with van der Waals surface area (Å²) in [4.78, 5) is 16.5. The zero-order valence-electron chi connectivity index (χ0n) is 13.5. The summed E-state index contributed by atoms with van der Waals surface area (Å²) >= 11 is 1.31. The standard InChI is InChI=1S/C16H19N5O2S/c1-9(2)5-11(8-22)17-16-18-13(15(23)19-16)6-10-3-4-12-14(7-10)24-21-20-12/h3-4,6-7,9,11,22H,5,8H2,1-2H3,(H2,17,18,19,23)/b13-6-. The monoisotopic (exact) mass is 345 g/mol. The smallest absolute Gasteiger partial charge is 0.274 e. The van der Waals surface area contributed by atoms with E-state index in [2.05, 4.69) is 39.1 Å². The van der Waals surface area contributed by atoms with Crippen LogP contribution in [0.3, 0.4) is 0 Å². The van der Waals surface area contributed by atoms with Gasteiger partial charge in [0.1, 0.15) is 11.2 Å². The Kier molecular flexibility index (Phi) is 4.86. The molecule has 1 aromatic heterocycles. The average Bonchev–Trinajstić information content (AvgIpc) is 3.12. The molecule has 0 bridgehead atoms. The van der Waals surface area contributed by atoms with Crippen LogP contribution in [0.25, 0.3) is 16.3 Å². The molecule has 126 valence electrons. The summed E-state index contributed by atoms with van der Waals surface area (Å²) in [6, 6.07) is 5.46. The number of aliphatic hydroxyl groups excluding tert-OH is 1. The Morgan fingerprint density at radius 3 is 2.96 bits per heavy atom. The SMILES string of the molecule is CC(C)CC(CO)N=C1NC(=O)/C(=C/c2ccc3nnsc3c2)N1. The lowest BCUT2D eigenvalue weighted by Crippen LogP contribution is -2.28. The second-order valence-corrected chi connectivity index (χ2v) is 6.87. The van der Waals surface area contributed by atoms with Gasteiger partial charge in [0.25, 0.3) is 5.91 Å². The van der Waals surface area contributed by atoms with Gasteiger partial charge in [-0.3, -0.25) is 10.1 Å². The van der Waals surface area contributed by atoms with Crippen LogP contribution in [0.15, 0.2) is 28.9 Å². The minimum atomic E-state index is -0.238. The van der Waals surface area contributed by atoms with Crippen LogP contribution in [0, 0.1) is 5.92 Å². The van der Waals surface area contributed by atoms with E-state index in [1.54, 1.807) is 6.08 Å². The Hall–Kier alpha value is -2.32. The highest BCUT2D eigenvalue weighted by Gasteiger charge is 2.23. The molecule has 0 aliphatic carbocycles. The molecule has 1 aliphatic heterocycles. The van der Waals surface area contributed by atoms with Gasteiger partial charge in [0, 0.05) is 0 Å². The molecule has 2 aromatic rings. The van der Waals surface area contributed by atoms with E-state index in [4.69, 9.17) is 0 Å². The summed E-state index contributed by atoms with van der Waals surface area (Å²) in [7, 11) is 0. The topological polar surface area (TPSA) is 99.5 Å². The molecule has 1 aliphatic rings. The number of carbonyl (C=O) groups excluding carboxylic acids is 1. The maximum absolute atomic E-state index is 12.1. The fourth-order valence-electron chi connectivity index (χ4n) is 2.50. The van der Waals surface area contributed by atoms with Crippen LogP contribution < -0.4 is 10.6 Å². The lowest BCUT2D eigenvalue weighted by Gasteiger charge is -2.12. The van der Waals surface area contributed by atoms with Crippen LogP contribution in [0.5, 0.6) is 0 Å². The number of rotatable bonds is 5. The lowest BCUT2D eigenvalue weighted by molar-refractivity contribution is -0.115. The zero-order chi connectivity index (χ0) is 17.1. The van der Waals surface area contributed by atoms with Gasteiger partial charge in [0.05, 0.1) is 17.3 Å². The number of fused-ring (bicyclic) bond motifs is 1. The highest BCUT2D eigenvalue weighted by atomic mass is 32.1. The first kappa shape index (κ1) is 16.5. The van der Waals surface area contributed by atoms with Crippen molar-refractivity contribution in [3.63, 3.8) is 0 Å². The Morgan fingerprint density at radius 1 is 1.38 bits per heavy atom. The first-order valence-corrected chi connectivity index (χ1v) is 8.53. The lowest BCUT2D eigenvalue weighted by atomic mass is 10.1. The molecule has 8 heteroatoms. The first-order chi connectivity index (χ1) is 11.5. The van der Waals surface area contributed by atoms with Gasteiger partial charge in [0.15, 0.2) is 0 Å². The molecule has 0 radical (unpaired) electrons. The molecule has 2 heterocycles. The van der Waals surface area contributed by atoms with E-state index < -0.39 is 0 Å². The fourth-order valence-corrected chi connectivity index (χ4v) is 3.11. The van der Waals surface area contributed by atoms with Gasteiger partial charge in [-0.05, 0) is 47.6 Å². The third-order valence-corrected chi connectivity index (χ3v) is 4.27. The predicted octanol–water partition coefficient (Wildman–Crippen LogP) is 1.51. The number of aliphatic hydroxyl groups is 1. The van der Waals surface area contributed by atoms with E-state index >= 15 is 0 Å². The first-order valence-electron chi connectivity index (χ1n) is 7.76. The quantitative estimate of drug-likeness (QED) is 0.714. The highest BCUT2D eigenvalue weighted by Crippen LogP contribution is 2.19. The van der Waals surface area contributed by atoms with Gasteiger partial charge < -0.3 is 10.4 Å². The van der Waals surface area contributed by atoms with Crippen molar-refractivity contribution in [3.05, 3.63) is 29.5 Å². The van der Waals surface area contributed by atoms with Crippen molar-refractivity contribution >= 4 is 39.7 Å². The van der Waals surface area contributed by atoms with E-state index in [1.807, 2.05) is 18.2 Å². The summed E-state index contributed by atoms with van der Waals surface area (Å²) in [6.45, 7) is 4.09. The molecular weight excluding hydrogens is 326 g/mol. The van der Waals surface area contributed by atoms with Crippen molar-refractivity contribution < 1.29 is 9.90 Å². The maximum Gasteiger partial charge on any atom is 0.274 e. The van der Waals surface area contributed by atoms with Crippen LogP contribution in [-0.2, 0) is 4.79 Å². The van der Waals surface area contributed by atoms with Gasteiger partial charge in [0.2, 0.25) is 5.96 Å². The van der Waals surface area contributed by atoms with Gasteiger partial charge in [-0.1, -0.05) is 24.4 Å². The molecule has 0 saturated carbocycles. The van der Waals surface area contributed by atoms with Gasteiger partial charge >= 0.3 is 0 Å². The van der Waals surface area contributed by atoms with Gasteiger partial charge in [-0.15, -0.1) is 5.10 Å². The minimum absolute atomic E-state index is 0.0483. The predicted molar refractivity (Wildman–Crippen MR) is 94.4 cm³/mol. The number of hydrogen-bond acceptors (Lipinski definition) is 6. The third-order valence-electron chi connectivity index (χ3n) is 3.58. The number of carbonyl (C=O) groups is 1. The Labute approximate surface area is 143 Å². The summed E-state index contributed by atoms with van der Waals surface area (Å²) in [5, 5.41) is 19.1. The van der Waals surface area contributed by atoms with E-state index in [9.17, 15) is 9.90 Å². The molecular formula is C16H19N5O2S. The normalized spacial score (nSPS) is 19.2. The number of nitrogens with zero attached hydrogens (tertiary/aromatic N) is 3. The summed E-state index contributed by atoms with van der Waals surface area (Å²) < 4.78 is 4.87. The van der Waals surface area contributed by atoms with Crippen molar-refractivity contribution in [2.24, 2.45) is 10.9 Å². The number of guanidine groups is 1. The molecule has 24 heavy (non-hydrogen) atoms. The summed E-state index contributed by atoms with van der Waals surface area (Å²) in [5.41, 5.74) is 2.15. The number of aromatic nitrogens is 2. The summed E-state index contributed by atoms with van der Waals surface area (Å²) in [5.74, 6) is 0.558. The number of benzene rings is 1. The average molecular weight is 345 g/mol. The molecule has 3 N–H and O–H groups in total.